The smallest absolute Gasteiger partial charge is 0.193 e. The molecule has 3 N–H and O–H groups in total. The van der Waals surface area contributed by atoms with Gasteiger partial charge in [0.05, 0.1) is 0 Å². The Balaban J connectivity index is 2.45. The molecule has 0 amide bonds. The number of rotatable bonds is 5. The zero-order chi connectivity index (χ0) is 13.5. The molecule has 0 saturated carbocycles. The fourth-order valence-corrected chi connectivity index (χ4v) is 1.59. The second kappa shape index (κ2) is 7.01. The fraction of sp³-hybridized carbons (Fsp3) is 0.500. The van der Waals surface area contributed by atoms with Crippen molar-refractivity contribution in [3.05, 3.63) is 29.3 Å². The molecule has 1 aromatic rings. The van der Waals surface area contributed by atoms with Gasteiger partial charge in [-0.05, 0) is 64.2 Å². The summed E-state index contributed by atoms with van der Waals surface area (Å²) in [6.45, 7) is 5.96. The number of anilines is 1. The summed E-state index contributed by atoms with van der Waals surface area (Å²) in [4.78, 5) is 6.44. The lowest BCUT2D eigenvalue weighted by Crippen LogP contribution is -2.23. The molecule has 0 aliphatic heterocycles. The molecule has 0 heterocycles. The molecule has 1 rings (SSSR count). The molecule has 4 heteroatoms. The molecule has 0 saturated heterocycles. The van der Waals surface area contributed by atoms with E-state index in [4.69, 9.17) is 5.73 Å². The summed E-state index contributed by atoms with van der Waals surface area (Å²) in [5.41, 5.74) is 9.36. The Kier molecular flexibility index (Phi) is 5.65. The molecule has 4 nitrogen and oxygen atoms in total. The summed E-state index contributed by atoms with van der Waals surface area (Å²) in [5, 5.41) is 3.11. The van der Waals surface area contributed by atoms with E-state index >= 15 is 0 Å². The highest BCUT2D eigenvalue weighted by atomic mass is 15.1. The van der Waals surface area contributed by atoms with Crippen LogP contribution in [0.4, 0.5) is 5.69 Å². The van der Waals surface area contributed by atoms with Gasteiger partial charge in [-0.2, -0.15) is 0 Å². The summed E-state index contributed by atoms with van der Waals surface area (Å²) >= 11 is 0. The fourth-order valence-electron chi connectivity index (χ4n) is 1.59. The van der Waals surface area contributed by atoms with E-state index in [1.165, 1.54) is 11.1 Å². The Hall–Kier alpha value is -1.55. The van der Waals surface area contributed by atoms with Crippen molar-refractivity contribution in [2.24, 2.45) is 10.7 Å². The highest BCUT2D eigenvalue weighted by molar-refractivity contribution is 5.92. The maximum Gasteiger partial charge on any atom is 0.193 e. The Labute approximate surface area is 110 Å². The molecule has 100 valence electrons. The van der Waals surface area contributed by atoms with Crippen LogP contribution in [-0.4, -0.2) is 38.0 Å². The molecule has 0 spiro atoms. The Bertz CT molecular complexity index is 410. The van der Waals surface area contributed by atoms with Gasteiger partial charge in [0.2, 0.25) is 0 Å². The number of hydrogen-bond acceptors (Lipinski definition) is 2. The number of aliphatic imine (C=N–C) groups is 1. The standard InChI is InChI=1S/C14H24N4/c1-11-6-7-13(10-12(11)2)17-14(15)16-8-5-9-18(3)4/h6-7,10H,5,8-9H2,1-4H3,(H3,15,16,17). The third kappa shape index (κ3) is 5.19. The second-order valence-electron chi connectivity index (χ2n) is 4.85. The number of nitrogens with zero attached hydrogens (tertiary/aromatic N) is 2. The lowest BCUT2D eigenvalue weighted by atomic mass is 10.1. The molecule has 0 aromatic heterocycles. The molecule has 18 heavy (non-hydrogen) atoms. The van der Waals surface area contributed by atoms with Crippen LogP contribution in [0.2, 0.25) is 0 Å². The largest absolute Gasteiger partial charge is 0.370 e. The van der Waals surface area contributed by atoms with Gasteiger partial charge in [-0.3, -0.25) is 4.99 Å². The number of nitrogens with two attached hydrogens (primary N) is 1. The monoisotopic (exact) mass is 248 g/mol. The summed E-state index contributed by atoms with van der Waals surface area (Å²) < 4.78 is 0. The zero-order valence-corrected chi connectivity index (χ0v) is 11.8. The van der Waals surface area contributed by atoms with E-state index in [1.54, 1.807) is 0 Å². The Morgan fingerprint density at radius 2 is 2.00 bits per heavy atom. The number of nitrogens with one attached hydrogen (secondary N) is 1. The first-order valence-electron chi connectivity index (χ1n) is 6.28. The Morgan fingerprint density at radius 3 is 2.61 bits per heavy atom. The molecule has 1 aromatic carbocycles. The van der Waals surface area contributed by atoms with Crippen molar-refractivity contribution in [2.45, 2.75) is 20.3 Å². The van der Waals surface area contributed by atoms with Crippen LogP contribution >= 0.6 is 0 Å². The third-order valence-corrected chi connectivity index (χ3v) is 2.82. The average Bonchev–Trinajstić information content (AvgIpc) is 2.29. The first kappa shape index (κ1) is 14.5. The summed E-state index contributed by atoms with van der Waals surface area (Å²) in [7, 11) is 4.11. The van der Waals surface area contributed by atoms with E-state index in [0.29, 0.717) is 5.96 Å². The van der Waals surface area contributed by atoms with Crippen molar-refractivity contribution in [2.75, 3.05) is 32.5 Å². The quantitative estimate of drug-likeness (QED) is 0.476. The van der Waals surface area contributed by atoms with Crippen LogP contribution in [0.3, 0.4) is 0 Å². The number of aryl methyl sites for hydroxylation is 2. The van der Waals surface area contributed by atoms with Gasteiger partial charge in [-0.15, -0.1) is 0 Å². The van der Waals surface area contributed by atoms with Gasteiger partial charge in [-0.25, -0.2) is 0 Å². The van der Waals surface area contributed by atoms with Crippen LogP contribution in [0.1, 0.15) is 17.5 Å². The van der Waals surface area contributed by atoms with Crippen LogP contribution in [0, 0.1) is 13.8 Å². The lowest BCUT2D eigenvalue weighted by molar-refractivity contribution is 0.403. The molecule has 0 radical (unpaired) electrons. The molecule has 0 aliphatic carbocycles. The van der Waals surface area contributed by atoms with Crippen LogP contribution in [0.25, 0.3) is 0 Å². The lowest BCUT2D eigenvalue weighted by Gasteiger charge is -2.09. The molecule has 0 atom stereocenters. The Morgan fingerprint density at radius 1 is 1.28 bits per heavy atom. The molecular weight excluding hydrogens is 224 g/mol. The summed E-state index contributed by atoms with van der Waals surface area (Å²) in [6.07, 6.45) is 1.02. The van der Waals surface area contributed by atoms with Crippen molar-refractivity contribution >= 4 is 11.6 Å². The molecule has 0 aliphatic rings. The van der Waals surface area contributed by atoms with E-state index in [2.05, 4.69) is 55.3 Å². The molecule has 0 fully saturated rings. The maximum absolute atomic E-state index is 5.84. The number of hydrogen-bond donors (Lipinski definition) is 2. The second-order valence-corrected chi connectivity index (χ2v) is 4.85. The highest BCUT2D eigenvalue weighted by Gasteiger charge is 1.98. The average molecular weight is 248 g/mol. The topological polar surface area (TPSA) is 53.6 Å². The first-order valence-corrected chi connectivity index (χ1v) is 6.28. The predicted molar refractivity (Wildman–Crippen MR) is 79.2 cm³/mol. The van der Waals surface area contributed by atoms with E-state index in [-0.39, 0.29) is 0 Å². The molecule has 0 unspecified atom stereocenters. The minimum atomic E-state index is 0.483. The summed E-state index contributed by atoms with van der Waals surface area (Å²) in [5.74, 6) is 0.483. The van der Waals surface area contributed by atoms with Crippen molar-refractivity contribution in [1.82, 2.24) is 4.90 Å². The van der Waals surface area contributed by atoms with Crippen LogP contribution < -0.4 is 11.1 Å². The van der Waals surface area contributed by atoms with E-state index in [0.717, 1.165) is 25.2 Å². The van der Waals surface area contributed by atoms with Crippen molar-refractivity contribution in [3.63, 3.8) is 0 Å². The van der Waals surface area contributed by atoms with Gasteiger partial charge in [0, 0.05) is 12.2 Å². The normalized spacial score (nSPS) is 11.9. The van der Waals surface area contributed by atoms with Gasteiger partial charge in [0.25, 0.3) is 0 Å². The van der Waals surface area contributed by atoms with E-state index < -0.39 is 0 Å². The van der Waals surface area contributed by atoms with Crippen molar-refractivity contribution < 1.29 is 0 Å². The van der Waals surface area contributed by atoms with Gasteiger partial charge >= 0.3 is 0 Å². The first-order chi connectivity index (χ1) is 8.49. The van der Waals surface area contributed by atoms with Gasteiger partial charge in [0.1, 0.15) is 0 Å². The van der Waals surface area contributed by atoms with Crippen molar-refractivity contribution in [1.29, 1.82) is 0 Å². The third-order valence-electron chi connectivity index (χ3n) is 2.82. The minimum Gasteiger partial charge on any atom is -0.370 e. The molecule has 0 bridgehead atoms. The van der Waals surface area contributed by atoms with Crippen LogP contribution in [0.15, 0.2) is 23.2 Å². The van der Waals surface area contributed by atoms with Crippen molar-refractivity contribution in [3.8, 4) is 0 Å². The number of guanidine groups is 1. The van der Waals surface area contributed by atoms with E-state index in [9.17, 15) is 0 Å². The predicted octanol–water partition coefficient (Wildman–Crippen LogP) is 1.98. The minimum absolute atomic E-state index is 0.483. The zero-order valence-electron chi connectivity index (χ0n) is 11.8. The molecular formula is C14H24N4. The van der Waals surface area contributed by atoms with Gasteiger partial charge < -0.3 is 16.0 Å². The van der Waals surface area contributed by atoms with Gasteiger partial charge in [0.15, 0.2) is 5.96 Å². The van der Waals surface area contributed by atoms with Crippen LogP contribution in [-0.2, 0) is 0 Å². The summed E-state index contributed by atoms with van der Waals surface area (Å²) in [6, 6.07) is 6.18. The SMILES string of the molecule is Cc1ccc(NC(N)=NCCCN(C)C)cc1C. The number of benzene rings is 1. The van der Waals surface area contributed by atoms with Crippen LogP contribution in [0.5, 0.6) is 0 Å². The van der Waals surface area contributed by atoms with E-state index in [1.807, 2.05) is 6.07 Å². The maximum atomic E-state index is 5.84. The van der Waals surface area contributed by atoms with Gasteiger partial charge in [-0.1, -0.05) is 6.07 Å². The highest BCUT2D eigenvalue weighted by Crippen LogP contribution is 2.13.